The van der Waals surface area contributed by atoms with Gasteiger partial charge in [-0.2, -0.15) is 0 Å². The van der Waals surface area contributed by atoms with Crippen LogP contribution in [-0.2, 0) is 9.53 Å². The summed E-state index contributed by atoms with van der Waals surface area (Å²) in [7, 11) is 0. The Morgan fingerprint density at radius 3 is 3.08 bits per heavy atom. The first-order chi connectivity index (χ1) is 5.74. The Morgan fingerprint density at radius 1 is 1.83 bits per heavy atom. The van der Waals surface area contributed by atoms with Crippen molar-refractivity contribution in [2.75, 3.05) is 13.3 Å². The second-order valence-corrected chi connectivity index (χ2v) is 3.07. The van der Waals surface area contributed by atoms with Crippen molar-refractivity contribution in [2.24, 2.45) is 0 Å². The molecule has 12 heavy (non-hydrogen) atoms. The number of alkyl halides is 1. The van der Waals surface area contributed by atoms with Gasteiger partial charge in [0, 0.05) is 6.61 Å². The fourth-order valence-electron chi connectivity index (χ4n) is 1.16. The number of amides is 1. The molecule has 2 atom stereocenters. The Hall–Kier alpha value is -0.640. The molecule has 1 rings (SSSR count). The van der Waals surface area contributed by atoms with Crippen molar-refractivity contribution in [3.05, 3.63) is 0 Å². The molecule has 1 heterocycles. The van der Waals surface area contributed by atoms with Gasteiger partial charge in [0.2, 0.25) is 5.91 Å². The fourth-order valence-corrected chi connectivity index (χ4v) is 1.16. The summed E-state index contributed by atoms with van der Waals surface area (Å²) < 4.78 is 17.1. The van der Waals surface area contributed by atoms with Gasteiger partial charge in [-0.15, -0.1) is 0 Å². The Bertz CT molecular complexity index is 157. The van der Waals surface area contributed by atoms with Gasteiger partial charge < -0.3 is 10.1 Å². The summed E-state index contributed by atoms with van der Waals surface area (Å²) in [6, 6.07) is -0.401. The lowest BCUT2D eigenvalue weighted by atomic mass is 10.2. The first kappa shape index (κ1) is 9.45. The minimum atomic E-state index is -0.529. The summed E-state index contributed by atoms with van der Waals surface area (Å²) >= 11 is 0. The summed E-state index contributed by atoms with van der Waals surface area (Å²) in [5, 5.41) is 2.53. The maximum Gasteiger partial charge on any atom is 0.249 e. The van der Waals surface area contributed by atoms with E-state index < -0.39 is 12.7 Å². The smallest absolute Gasteiger partial charge is 0.249 e. The average molecular weight is 175 g/mol. The highest BCUT2D eigenvalue weighted by molar-refractivity contribution is 5.81. The van der Waals surface area contributed by atoms with Crippen molar-refractivity contribution >= 4 is 5.91 Å². The molecule has 3 nitrogen and oxygen atoms in total. The normalized spacial score (nSPS) is 25.3. The summed E-state index contributed by atoms with van der Waals surface area (Å²) in [6.07, 6.45) is 1.33. The Kier molecular flexibility index (Phi) is 3.47. The number of ether oxygens (including phenoxy) is 1. The van der Waals surface area contributed by atoms with E-state index in [-0.39, 0.29) is 12.0 Å². The Morgan fingerprint density at radius 2 is 2.58 bits per heavy atom. The molecule has 0 aromatic heterocycles. The quantitative estimate of drug-likeness (QED) is 0.683. The molecule has 0 aromatic rings. The van der Waals surface area contributed by atoms with E-state index in [0.29, 0.717) is 6.61 Å². The first-order valence-electron chi connectivity index (χ1n) is 4.22. The van der Waals surface area contributed by atoms with Crippen LogP contribution in [-0.4, -0.2) is 31.3 Å². The Balaban J connectivity index is 2.27. The van der Waals surface area contributed by atoms with E-state index >= 15 is 0 Å². The van der Waals surface area contributed by atoms with E-state index in [1.807, 2.05) is 0 Å². The van der Waals surface area contributed by atoms with Crippen LogP contribution in [0.4, 0.5) is 4.39 Å². The molecule has 1 saturated heterocycles. The van der Waals surface area contributed by atoms with Gasteiger partial charge in [0.1, 0.15) is 12.8 Å². The van der Waals surface area contributed by atoms with Crippen molar-refractivity contribution in [3.63, 3.8) is 0 Å². The van der Waals surface area contributed by atoms with Crippen LogP contribution in [0.3, 0.4) is 0 Å². The highest BCUT2D eigenvalue weighted by atomic mass is 19.1. The number of rotatable bonds is 3. The molecule has 0 aliphatic carbocycles. The SMILES string of the molecule is CC(CF)NC(=O)[C@@H]1CCCO1. The average Bonchev–Trinajstić information content (AvgIpc) is 2.56. The van der Waals surface area contributed by atoms with Crippen LogP contribution in [0, 0.1) is 0 Å². The number of halogens is 1. The van der Waals surface area contributed by atoms with Gasteiger partial charge >= 0.3 is 0 Å². The van der Waals surface area contributed by atoms with Gasteiger partial charge in [0.15, 0.2) is 0 Å². The minimum Gasteiger partial charge on any atom is -0.368 e. The van der Waals surface area contributed by atoms with E-state index in [1.165, 1.54) is 0 Å². The molecule has 1 aliphatic rings. The summed E-state index contributed by atoms with van der Waals surface area (Å²) in [4.78, 5) is 11.2. The zero-order valence-electron chi connectivity index (χ0n) is 7.18. The maximum absolute atomic E-state index is 12.0. The second kappa shape index (κ2) is 4.40. The van der Waals surface area contributed by atoms with Gasteiger partial charge in [-0.3, -0.25) is 4.79 Å². The largest absolute Gasteiger partial charge is 0.368 e. The molecular formula is C8H14FNO2. The van der Waals surface area contributed by atoms with Crippen molar-refractivity contribution in [1.82, 2.24) is 5.32 Å². The van der Waals surface area contributed by atoms with Crippen LogP contribution in [0.15, 0.2) is 0 Å². The number of carbonyl (C=O) groups excluding carboxylic acids is 1. The third kappa shape index (κ3) is 2.44. The standard InChI is InChI=1S/C8H14FNO2/c1-6(5-9)10-8(11)7-3-2-4-12-7/h6-7H,2-5H2,1H3,(H,10,11)/t6?,7-/m0/s1. The topological polar surface area (TPSA) is 38.3 Å². The summed E-state index contributed by atoms with van der Waals surface area (Å²) in [5.41, 5.74) is 0. The molecule has 1 unspecified atom stereocenters. The van der Waals surface area contributed by atoms with Crippen LogP contribution in [0.1, 0.15) is 19.8 Å². The lowest BCUT2D eigenvalue weighted by Gasteiger charge is -2.13. The zero-order chi connectivity index (χ0) is 8.97. The highest BCUT2D eigenvalue weighted by Gasteiger charge is 2.24. The third-order valence-corrected chi connectivity index (χ3v) is 1.84. The molecule has 1 amide bonds. The lowest BCUT2D eigenvalue weighted by Crippen LogP contribution is -2.40. The lowest BCUT2D eigenvalue weighted by molar-refractivity contribution is -0.130. The molecular weight excluding hydrogens is 161 g/mol. The van der Waals surface area contributed by atoms with Crippen molar-refractivity contribution in [2.45, 2.75) is 31.9 Å². The van der Waals surface area contributed by atoms with Crippen molar-refractivity contribution in [1.29, 1.82) is 0 Å². The van der Waals surface area contributed by atoms with Gasteiger partial charge in [0.25, 0.3) is 0 Å². The predicted octanol–water partition coefficient (Wildman–Crippen LogP) is 0.640. The fraction of sp³-hybridized carbons (Fsp3) is 0.875. The summed E-state index contributed by atoms with van der Waals surface area (Å²) in [6.45, 7) is 1.74. The molecule has 0 radical (unpaired) electrons. The van der Waals surface area contributed by atoms with Crippen molar-refractivity contribution < 1.29 is 13.9 Å². The van der Waals surface area contributed by atoms with Crippen LogP contribution in [0.25, 0.3) is 0 Å². The molecule has 1 aliphatic heterocycles. The van der Waals surface area contributed by atoms with E-state index in [2.05, 4.69) is 5.32 Å². The minimum absolute atomic E-state index is 0.183. The molecule has 0 aromatic carbocycles. The maximum atomic E-state index is 12.0. The van der Waals surface area contributed by atoms with E-state index in [4.69, 9.17) is 4.74 Å². The number of nitrogens with one attached hydrogen (secondary N) is 1. The van der Waals surface area contributed by atoms with Crippen LogP contribution >= 0.6 is 0 Å². The molecule has 0 spiro atoms. The third-order valence-electron chi connectivity index (χ3n) is 1.84. The van der Waals surface area contributed by atoms with Gasteiger partial charge in [-0.05, 0) is 19.8 Å². The molecule has 1 fully saturated rings. The monoisotopic (exact) mass is 175 g/mol. The van der Waals surface area contributed by atoms with Crippen LogP contribution in [0.5, 0.6) is 0 Å². The molecule has 0 saturated carbocycles. The van der Waals surface area contributed by atoms with Gasteiger partial charge in [0.05, 0.1) is 6.04 Å². The van der Waals surface area contributed by atoms with E-state index in [9.17, 15) is 9.18 Å². The highest BCUT2D eigenvalue weighted by Crippen LogP contribution is 2.11. The number of carbonyl (C=O) groups is 1. The predicted molar refractivity (Wildman–Crippen MR) is 42.6 cm³/mol. The van der Waals surface area contributed by atoms with Crippen LogP contribution in [0.2, 0.25) is 0 Å². The summed E-state index contributed by atoms with van der Waals surface area (Å²) in [5.74, 6) is -0.183. The van der Waals surface area contributed by atoms with E-state index in [1.54, 1.807) is 6.92 Å². The van der Waals surface area contributed by atoms with Gasteiger partial charge in [-0.1, -0.05) is 0 Å². The molecule has 70 valence electrons. The molecule has 4 heteroatoms. The molecule has 0 bridgehead atoms. The molecule has 1 N–H and O–H groups in total. The number of hydrogen-bond acceptors (Lipinski definition) is 2. The second-order valence-electron chi connectivity index (χ2n) is 3.07. The van der Waals surface area contributed by atoms with Crippen molar-refractivity contribution in [3.8, 4) is 0 Å². The van der Waals surface area contributed by atoms with E-state index in [0.717, 1.165) is 12.8 Å². The number of hydrogen-bond donors (Lipinski definition) is 1. The first-order valence-corrected chi connectivity index (χ1v) is 4.22. The zero-order valence-corrected chi connectivity index (χ0v) is 7.18. The van der Waals surface area contributed by atoms with Gasteiger partial charge in [-0.25, -0.2) is 4.39 Å². The van der Waals surface area contributed by atoms with Crippen LogP contribution < -0.4 is 5.32 Å². The Labute approximate surface area is 71.3 Å².